The van der Waals surface area contributed by atoms with Crippen LogP contribution in [0.2, 0.25) is 0 Å². The van der Waals surface area contributed by atoms with Gasteiger partial charge in [0.25, 0.3) is 0 Å². The minimum absolute atomic E-state index is 0.00550. The molecule has 2 atom stereocenters. The SMILES string of the molecule is CCCCCCCCCN(C[C@@H]1CCC[C@H](CN(CCCCCCCCC)C(=O)Nc2ccc(N(C)C)cc2)C1)C(=O)Nc1ccc(N(C)C)cc1. The summed E-state index contributed by atoms with van der Waals surface area (Å²) in [7, 11) is 8.11. The molecule has 0 unspecified atom stereocenters. The third-order valence-corrected chi connectivity index (χ3v) is 10.8. The average Bonchev–Trinajstić information content (AvgIpc) is 3.13. The van der Waals surface area contributed by atoms with Crippen molar-refractivity contribution in [1.82, 2.24) is 9.80 Å². The van der Waals surface area contributed by atoms with Crippen molar-refractivity contribution in [2.75, 3.05) is 74.8 Å². The lowest BCUT2D eigenvalue weighted by Crippen LogP contribution is -2.43. The fourth-order valence-electron chi connectivity index (χ4n) is 7.52. The summed E-state index contributed by atoms with van der Waals surface area (Å²) in [5.74, 6) is 0.874. The maximum Gasteiger partial charge on any atom is 0.321 e. The first-order valence-electron chi connectivity index (χ1n) is 20.9. The summed E-state index contributed by atoms with van der Waals surface area (Å²) < 4.78 is 0. The van der Waals surface area contributed by atoms with Gasteiger partial charge in [0.1, 0.15) is 0 Å². The summed E-state index contributed by atoms with van der Waals surface area (Å²) >= 11 is 0. The van der Waals surface area contributed by atoms with E-state index in [4.69, 9.17) is 0 Å². The molecule has 0 aliphatic heterocycles. The topological polar surface area (TPSA) is 71.2 Å². The van der Waals surface area contributed by atoms with E-state index in [1.807, 2.05) is 52.5 Å². The highest BCUT2D eigenvalue weighted by atomic mass is 16.2. The maximum absolute atomic E-state index is 13.8. The monoisotopic (exact) mass is 719 g/mol. The van der Waals surface area contributed by atoms with Crippen LogP contribution in [0.1, 0.15) is 129 Å². The predicted octanol–water partition coefficient (Wildman–Crippen LogP) is 11.5. The fraction of sp³-hybridized carbons (Fsp3) is 0.682. The van der Waals surface area contributed by atoms with Crippen LogP contribution in [0.4, 0.5) is 32.3 Å². The lowest BCUT2D eigenvalue weighted by atomic mass is 9.80. The standard InChI is InChI=1S/C44H74N6O2/c1-7-9-11-13-15-17-19-32-49(43(51)45-39-24-28-41(29-25-39)47(3)4)35-37-22-21-23-38(34-37)36-50(33-20-18-16-14-12-10-8-2)44(52)46-40-26-30-42(31-27-40)48(5)6/h24-31,37-38H,7-23,32-36H2,1-6H3,(H,45,51)(H,46,52)/t37-,38+. The van der Waals surface area contributed by atoms with Gasteiger partial charge in [0, 0.05) is 77.1 Å². The van der Waals surface area contributed by atoms with Crippen molar-refractivity contribution in [3.05, 3.63) is 48.5 Å². The van der Waals surface area contributed by atoms with E-state index >= 15 is 0 Å². The molecular weight excluding hydrogens is 645 g/mol. The van der Waals surface area contributed by atoms with E-state index in [0.29, 0.717) is 11.8 Å². The second kappa shape index (κ2) is 24.8. The van der Waals surface area contributed by atoms with Gasteiger partial charge in [0.05, 0.1) is 0 Å². The quantitative estimate of drug-likeness (QED) is 0.106. The molecule has 1 saturated carbocycles. The summed E-state index contributed by atoms with van der Waals surface area (Å²) in [5.41, 5.74) is 3.90. The molecule has 1 aliphatic carbocycles. The molecule has 2 aromatic rings. The minimum atomic E-state index is 0.00550. The molecule has 0 radical (unpaired) electrons. The number of hydrogen-bond acceptors (Lipinski definition) is 4. The van der Waals surface area contributed by atoms with Gasteiger partial charge in [-0.2, -0.15) is 0 Å². The highest BCUT2D eigenvalue weighted by Gasteiger charge is 2.28. The Morgan fingerprint density at radius 3 is 1.23 bits per heavy atom. The van der Waals surface area contributed by atoms with Gasteiger partial charge in [-0.15, -0.1) is 0 Å². The molecule has 2 N–H and O–H groups in total. The summed E-state index contributed by atoms with van der Waals surface area (Å²) in [6.07, 6.45) is 21.7. The van der Waals surface area contributed by atoms with Gasteiger partial charge >= 0.3 is 12.1 Å². The minimum Gasteiger partial charge on any atom is -0.378 e. The molecule has 0 saturated heterocycles. The Labute approximate surface area is 318 Å². The molecule has 8 heteroatoms. The number of amides is 4. The lowest BCUT2D eigenvalue weighted by Gasteiger charge is -2.36. The first kappa shape index (κ1) is 43.0. The number of benzene rings is 2. The Morgan fingerprint density at radius 1 is 0.538 bits per heavy atom. The lowest BCUT2D eigenvalue weighted by molar-refractivity contribution is 0.153. The summed E-state index contributed by atoms with van der Waals surface area (Å²) in [4.78, 5) is 35.8. The molecule has 0 heterocycles. The zero-order chi connectivity index (χ0) is 37.6. The number of unbranched alkanes of at least 4 members (excludes halogenated alkanes) is 12. The zero-order valence-corrected chi connectivity index (χ0v) is 33.9. The van der Waals surface area contributed by atoms with E-state index in [-0.39, 0.29) is 12.1 Å². The molecule has 0 spiro atoms. The number of nitrogens with zero attached hydrogens (tertiary/aromatic N) is 4. The van der Waals surface area contributed by atoms with Crippen molar-refractivity contribution in [1.29, 1.82) is 0 Å². The van der Waals surface area contributed by atoms with Crippen LogP contribution >= 0.6 is 0 Å². The van der Waals surface area contributed by atoms with Gasteiger partial charge < -0.3 is 30.2 Å². The Balaban J connectivity index is 1.63. The Kier molecular flexibility index (Phi) is 20.5. The first-order valence-corrected chi connectivity index (χ1v) is 20.9. The molecule has 4 amide bonds. The largest absolute Gasteiger partial charge is 0.378 e. The highest BCUT2D eigenvalue weighted by Crippen LogP contribution is 2.31. The Morgan fingerprint density at radius 2 is 0.885 bits per heavy atom. The van der Waals surface area contributed by atoms with Gasteiger partial charge in [-0.1, -0.05) is 97.3 Å². The van der Waals surface area contributed by atoms with Crippen LogP contribution in [0.15, 0.2) is 48.5 Å². The van der Waals surface area contributed by atoms with E-state index in [1.165, 1.54) is 77.0 Å². The third kappa shape index (κ3) is 16.5. The van der Waals surface area contributed by atoms with Gasteiger partial charge in [-0.05, 0) is 92.5 Å². The maximum atomic E-state index is 13.8. The van der Waals surface area contributed by atoms with Crippen LogP contribution < -0.4 is 20.4 Å². The zero-order valence-electron chi connectivity index (χ0n) is 33.9. The Bertz CT molecular complexity index is 1150. The summed E-state index contributed by atoms with van der Waals surface area (Å²) in [5, 5.41) is 6.41. The molecule has 1 fully saturated rings. The smallest absolute Gasteiger partial charge is 0.321 e. The molecule has 292 valence electrons. The van der Waals surface area contributed by atoms with E-state index in [2.05, 4.69) is 68.3 Å². The molecular formula is C44H74N6O2. The second-order valence-corrected chi connectivity index (χ2v) is 15.8. The van der Waals surface area contributed by atoms with Gasteiger partial charge in [0.15, 0.2) is 0 Å². The van der Waals surface area contributed by atoms with Gasteiger partial charge in [-0.3, -0.25) is 0 Å². The van der Waals surface area contributed by atoms with Crippen LogP contribution in [-0.4, -0.2) is 76.2 Å². The molecule has 2 aromatic carbocycles. The molecule has 8 nitrogen and oxygen atoms in total. The second-order valence-electron chi connectivity index (χ2n) is 15.8. The van der Waals surface area contributed by atoms with Crippen molar-refractivity contribution in [2.24, 2.45) is 11.8 Å². The normalized spacial score (nSPS) is 15.6. The molecule has 52 heavy (non-hydrogen) atoms. The van der Waals surface area contributed by atoms with Crippen molar-refractivity contribution in [3.63, 3.8) is 0 Å². The first-order chi connectivity index (χ1) is 25.2. The van der Waals surface area contributed by atoms with E-state index < -0.39 is 0 Å². The number of carbonyl (C=O) groups is 2. The van der Waals surface area contributed by atoms with Crippen LogP contribution in [0.25, 0.3) is 0 Å². The average molecular weight is 719 g/mol. The van der Waals surface area contributed by atoms with Crippen LogP contribution in [-0.2, 0) is 0 Å². The Hall–Kier alpha value is -3.42. The molecule has 3 rings (SSSR count). The predicted molar refractivity (Wildman–Crippen MR) is 224 cm³/mol. The van der Waals surface area contributed by atoms with Crippen molar-refractivity contribution in [3.8, 4) is 0 Å². The number of rotatable bonds is 24. The summed E-state index contributed by atoms with van der Waals surface area (Å²) in [6, 6.07) is 16.2. The summed E-state index contributed by atoms with van der Waals surface area (Å²) in [6.45, 7) is 7.64. The fourth-order valence-corrected chi connectivity index (χ4v) is 7.52. The highest BCUT2D eigenvalue weighted by molar-refractivity contribution is 5.90. The number of anilines is 4. The van der Waals surface area contributed by atoms with Gasteiger partial charge in [-0.25, -0.2) is 9.59 Å². The van der Waals surface area contributed by atoms with Crippen molar-refractivity contribution >= 4 is 34.8 Å². The number of urea groups is 2. The molecule has 1 aliphatic rings. The third-order valence-electron chi connectivity index (χ3n) is 10.8. The van der Waals surface area contributed by atoms with E-state index in [9.17, 15) is 9.59 Å². The number of hydrogen-bond donors (Lipinski definition) is 2. The van der Waals surface area contributed by atoms with Crippen LogP contribution in [0.3, 0.4) is 0 Å². The number of carbonyl (C=O) groups excluding carboxylic acids is 2. The van der Waals surface area contributed by atoms with Gasteiger partial charge in [0.2, 0.25) is 0 Å². The van der Waals surface area contributed by atoms with Crippen molar-refractivity contribution in [2.45, 2.75) is 129 Å². The van der Waals surface area contributed by atoms with E-state index in [1.54, 1.807) is 0 Å². The molecule has 0 bridgehead atoms. The van der Waals surface area contributed by atoms with Crippen molar-refractivity contribution < 1.29 is 9.59 Å². The van der Waals surface area contributed by atoms with Crippen LogP contribution in [0.5, 0.6) is 0 Å². The van der Waals surface area contributed by atoms with Crippen LogP contribution in [0, 0.1) is 11.8 Å². The van der Waals surface area contributed by atoms with E-state index in [0.717, 1.165) is 87.5 Å². The number of nitrogens with one attached hydrogen (secondary N) is 2. The molecule has 0 aromatic heterocycles.